The molecule has 4 rings (SSSR count). The number of oxime groups is 1. The molecule has 2 aliphatic rings. The molecule has 2 heterocycles. The van der Waals surface area contributed by atoms with Crippen molar-refractivity contribution in [2.24, 2.45) is 5.16 Å². The molecule has 2 aromatic carbocycles. The quantitative estimate of drug-likeness (QED) is 0.329. The number of likely N-dealkylation sites (tertiary alicyclic amines) is 1. The summed E-state index contributed by atoms with van der Waals surface area (Å²) in [6, 6.07) is 7.22. The summed E-state index contributed by atoms with van der Waals surface area (Å²) >= 11 is 12.3. The molecule has 13 heteroatoms. The second-order valence-electron chi connectivity index (χ2n) is 8.46. The van der Waals surface area contributed by atoms with Crippen LogP contribution in [0.5, 0.6) is 0 Å². The van der Waals surface area contributed by atoms with Crippen LogP contribution in [-0.4, -0.2) is 46.7 Å². The van der Waals surface area contributed by atoms with E-state index in [-0.39, 0.29) is 46.7 Å². The zero-order valence-electron chi connectivity index (χ0n) is 18.5. The Morgan fingerprint density at radius 1 is 1.11 bits per heavy atom. The van der Waals surface area contributed by atoms with E-state index in [1.807, 2.05) is 0 Å². The smallest absolute Gasteiger partial charge is 0.374 e. The van der Waals surface area contributed by atoms with Crippen molar-refractivity contribution in [1.82, 2.24) is 4.90 Å². The Morgan fingerprint density at radius 2 is 1.69 bits per heavy atom. The maximum Gasteiger partial charge on any atom is 0.435 e. The van der Waals surface area contributed by atoms with E-state index >= 15 is 4.39 Å². The van der Waals surface area contributed by atoms with Crippen molar-refractivity contribution in [3.8, 4) is 0 Å². The van der Waals surface area contributed by atoms with Gasteiger partial charge in [-0.3, -0.25) is 9.59 Å². The first-order valence-electron chi connectivity index (χ1n) is 10.4. The number of thioether (sulfide) groups is 1. The summed E-state index contributed by atoms with van der Waals surface area (Å²) in [6.07, 6.45) is -5.70. The summed E-state index contributed by atoms with van der Waals surface area (Å²) in [4.78, 5) is 29.2. The number of hydrogen-bond acceptors (Lipinski definition) is 5. The summed E-state index contributed by atoms with van der Waals surface area (Å²) < 4.78 is 71.5. The van der Waals surface area contributed by atoms with Crippen LogP contribution in [0.2, 0.25) is 10.0 Å². The molecule has 0 aromatic heterocycles. The molecule has 0 spiro atoms. The van der Waals surface area contributed by atoms with E-state index in [9.17, 15) is 27.2 Å². The van der Waals surface area contributed by atoms with Crippen LogP contribution in [0, 0.1) is 5.82 Å². The Morgan fingerprint density at radius 3 is 2.22 bits per heavy atom. The van der Waals surface area contributed by atoms with Crippen LogP contribution in [0.1, 0.15) is 30.0 Å². The number of rotatable bonds is 5. The minimum Gasteiger partial charge on any atom is -0.374 e. The van der Waals surface area contributed by atoms with Crippen molar-refractivity contribution in [2.45, 2.75) is 30.8 Å². The number of hydrogen-bond donors (Lipinski definition) is 0. The monoisotopic (exact) mass is 566 g/mol. The molecule has 0 radical (unpaired) electrons. The van der Waals surface area contributed by atoms with Crippen molar-refractivity contribution in [1.29, 1.82) is 0 Å². The van der Waals surface area contributed by atoms with Gasteiger partial charge < -0.3 is 9.74 Å². The molecule has 1 atom stereocenters. The highest BCUT2D eigenvalue weighted by Crippen LogP contribution is 2.50. The Hall–Kier alpha value is -2.37. The van der Waals surface area contributed by atoms with E-state index in [2.05, 4.69) is 5.16 Å². The lowest BCUT2D eigenvalue weighted by molar-refractivity contribution is -0.275. The molecular formula is C23H17Cl2F5N2O3S. The van der Waals surface area contributed by atoms with Crippen LogP contribution in [-0.2, 0) is 25.7 Å². The van der Waals surface area contributed by atoms with Gasteiger partial charge in [-0.1, -0.05) is 64.4 Å². The van der Waals surface area contributed by atoms with Gasteiger partial charge in [-0.15, -0.1) is 0 Å². The van der Waals surface area contributed by atoms with Gasteiger partial charge in [0.1, 0.15) is 0 Å². The Kier molecular flexibility index (Phi) is 7.04. The number of amides is 1. The van der Waals surface area contributed by atoms with E-state index in [0.29, 0.717) is 0 Å². The molecular weight excluding hydrogens is 550 g/mol. The largest absolute Gasteiger partial charge is 0.435 e. The van der Waals surface area contributed by atoms with Gasteiger partial charge in [0.05, 0.1) is 34.6 Å². The van der Waals surface area contributed by atoms with E-state index in [1.165, 1.54) is 36.1 Å². The summed E-state index contributed by atoms with van der Waals surface area (Å²) in [5.41, 5.74) is -4.82. The predicted octanol–water partition coefficient (Wildman–Crippen LogP) is 6.00. The Labute approximate surface area is 216 Å². The normalized spacial score (nSPS) is 21.0. The maximum absolute atomic E-state index is 15.2. The standard InChI is InChI=1S/C23H17Cl2F5N2O3S/c1-12(33)36-9-19(34)32-10-21(27,11-32)14-4-2-13(3-5-14)18-8-22(35-31-18,23(28,29)30)15-6-16(24)20(26)17(25)7-15/h2-7H,8-11H2,1H3. The third-order valence-corrected chi connectivity index (χ3v) is 7.35. The minimum atomic E-state index is -4.95. The lowest BCUT2D eigenvalue weighted by Crippen LogP contribution is -2.59. The number of carbonyl (C=O) groups is 2. The lowest BCUT2D eigenvalue weighted by atomic mass is 9.85. The lowest BCUT2D eigenvalue weighted by Gasteiger charge is -2.44. The van der Waals surface area contributed by atoms with Crippen LogP contribution in [0.3, 0.4) is 0 Å². The van der Waals surface area contributed by atoms with E-state index < -0.39 is 45.3 Å². The van der Waals surface area contributed by atoms with Gasteiger partial charge in [0.15, 0.2) is 16.6 Å². The molecule has 0 bridgehead atoms. The maximum atomic E-state index is 15.2. The molecule has 0 saturated carbocycles. The first-order valence-corrected chi connectivity index (χ1v) is 12.2. The van der Waals surface area contributed by atoms with E-state index in [0.717, 1.165) is 23.9 Å². The predicted molar refractivity (Wildman–Crippen MR) is 125 cm³/mol. The van der Waals surface area contributed by atoms with E-state index in [1.54, 1.807) is 0 Å². The third-order valence-electron chi connectivity index (χ3n) is 6.01. The first kappa shape index (κ1) is 26.7. The van der Waals surface area contributed by atoms with Gasteiger partial charge in [-0.05, 0) is 23.3 Å². The topological polar surface area (TPSA) is 59.0 Å². The second-order valence-corrected chi connectivity index (χ2v) is 10.4. The van der Waals surface area contributed by atoms with Crippen molar-refractivity contribution in [2.75, 3.05) is 18.8 Å². The highest BCUT2D eigenvalue weighted by Gasteiger charge is 2.62. The molecule has 5 nitrogen and oxygen atoms in total. The summed E-state index contributed by atoms with van der Waals surface area (Å²) in [5.74, 6) is -1.49. The van der Waals surface area contributed by atoms with Gasteiger partial charge in [-0.2, -0.15) is 13.2 Å². The molecule has 1 saturated heterocycles. The molecule has 1 amide bonds. The second kappa shape index (κ2) is 9.50. The highest BCUT2D eigenvalue weighted by atomic mass is 35.5. The molecule has 1 unspecified atom stereocenters. The van der Waals surface area contributed by atoms with Crippen molar-refractivity contribution in [3.05, 3.63) is 69.0 Å². The number of nitrogens with zero attached hydrogens (tertiary/aromatic N) is 2. The van der Waals surface area contributed by atoms with Gasteiger partial charge in [0.2, 0.25) is 5.91 Å². The molecule has 36 heavy (non-hydrogen) atoms. The number of halogens is 7. The summed E-state index contributed by atoms with van der Waals surface area (Å²) in [5, 5.41) is 2.22. The zero-order valence-corrected chi connectivity index (χ0v) is 20.8. The fraction of sp³-hybridized carbons (Fsp3) is 0.348. The van der Waals surface area contributed by atoms with Crippen molar-refractivity contribution >= 4 is 51.7 Å². The third kappa shape index (κ3) is 4.80. The van der Waals surface area contributed by atoms with Crippen molar-refractivity contribution < 1.29 is 36.4 Å². The average Bonchev–Trinajstić information content (AvgIpc) is 3.26. The van der Waals surface area contributed by atoms with Crippen LogP contribution in [0.4, 0.5) is 22.0 Å². The molecule has 0 N–H and O–H groups in total. The number of carbonyl (C=O) groups excluding carboxylic acids is 2. The van der Waals surface area contributed by atoms with Crippen LogP contribution >= 0.6 is 35.0 Å². The number of alkyl halides is 4. The molecule has 2 aliphatic heterocycles. The van der Waals surface area contributed by atoms with Crippen molar-refractivity contribution in [3.63, 3.8) is 0 Å². The minimum absolute atomic E-state index is 0.0602. The van der Waals surface area contributed by atoms with Gasteiger partial charge >= 0.3 is 6.18 Å². The number of benzene rings is 2. The Bertz CT molecular complexity index is 1230. The average molecular weight is 567 g/mol. The Balaban J connectivity index is 1.50. The summed E-state index contributed by atoms with van der Waals surface area (Å²) in [7, 11) is 0. The molecule has 192 valence electrons. The fourth-order valence-corrected chi connectivity index (χ4v) is 4.98. The van der Waals surface area contributed by atoms with E-state index in [4.69, 9.17) is 28.0 Å². The highest BCUT2D eigenvalue weighted by molar-refractivity contribution is 8.14. The summed E-state index contributed by atoms with van der Waals surface area (Å²) in [6.45, 7) is 0.936. The first-order chi connectivity index (χ1) is 16.8. The van der Waals surface area contributed by atoms with Crippen LogP contribution < -0.4 is 0 Å². The van der Waals surface area contributed by atoms with Crippen LogP contribution in [0.15, 0.2) is 41.6 Å². The van der Waals surface area contributed by atoms with Crippen LogP contribution in [0.25, 0.3) is 0 Å². The molecule has 1 fully saturated rings. The SMILES string of the molecule is CC(=O)SCC(=O)N1CC(F)(c2ccc(C3=NOC(c4cc(Cl)c(F)c(Cl)c4)(C(F)(F)F)C3)cc2)C1. The zero-order chi connectivity index (χ0) is 26.5. The fourth-order valence-electron chi connectivity index (χ4n) is 3.98. The van der Waals surface area contributed by atoms with Gasteiger partial charge in [0, 0.05) is 18.9 Å². The van der Waals surface area contributed by atoms with Gasteiger partial charge in [0.25, 0.3) is 5.60 Å². The molecule has 0 aliphatic carbocycles. The van der Waals surface area contributed by atoms with Gasteiger partial charge in [-0.25, -0.2) is 8.78 Å². The molecule has 2 aromatic rings.